The van der Waals surface area contributed by atoms with Gasteiger partial charge in [0.1, 0.15) is 18.4 Å². The number of hydrogen-bond acceptors (Lipinski definition) is 4. The number of piperazine rings is 1. The van der Waals surface area contributed by atoms with Gasteiger partial charge in [-0.05, 0) is 37.0 Å². The van der Waals surface area contributed by atoms with Gasteiger partial charge in [0.05, 0.1) is 6.54 Å². The van der Waals surface area contributed by atoms with Crippen LogP contribution in [-0.2, 0) is 25.7 Å². The second-order valence-corrected chi connectivity index (χ2v) is 7.95. The number of carbonyl (C=O) groups excluding carboxylic acids is 3. The van der Waals surface area contributed by atoms with Crippen LogP contribution in [0.4, 0.5) is 4.39 Å². The number of amides is 3. The quantitative estimate of drug-likeness (QED) is 0.756. The van der Waals surface area contributed by atoms with Gasteiger partial charge < -0.3 is 19.4 Å². The summed E-state index contributed by atoms with van der Waals surface area (Å²) in [5.74, 6) is -0.601. The maximum absolute atomic E-state index is 13.2. The lowest BCUT2D eigenvalue weighted by atomic mass is 9.98. The highest BCUT2D eigenvalue weighted by Crippen LogP contribution is 2.23. The van der Waals surface area contributed by atoms with Gasteiger partial charge in [0, 0.05) is 38.8 Å². The van der Waals surface area contributed by atoms with Crippen LogP contribution >= 0.6 is 0 Å². The standard InChI is InChI=1S/C21H26FN3O4/c22-17-4-2-15(3-5-17)12-24-14-19(26)25-9-1-8-23(13-18(25)21(24)28)20(27)16-6-10-29-11-7-16/h2-5,16,18H,1,6-14H2. The molecule has 29 heavy (non-hydrogen) atoms. The van der Waals surface area contributed by atoms with Gasteiger partial charge in [0.15, 0.2) is 0 Å². The Kier molecular flexibility index (Phi) is 5.80. The van der Waals surface area contributed by atoms with E-state index in [9.17, 15) is 18.8 Å². The summed E-state index contributed by atoms with van der Waals surface area (Å²) in [7, 11) is 0. The molecule has 3 aliphatic heterocycles. The van der Waals surface area contributed by atoms with Crippen LogP contribution in [0, 0.1) is 11.7 Å². The number of hydrogen-bond donors (Lipinski definition) is 0. The lowest BCUT2D eigenvalue weighted by Gasteiger charge is -2.40. The van der Waals surface area contributed by atoms with Crippen LogP contribution in [0.1, 0.15) is 24.8 Å². The minimum atomic E-state index is -0.650. The molecule has 0 aliphatic carbocycles. The van der Waals surface area contributed by atoms with E-state index in [1.807, 2.05) is 0 Å². The van der Waals surface area contributed by atoms with Crippen LogP contribution in [0.25, 0.3) is 0 Å². The second-order valence-electron chi connectivity index (χ2n) is 7.95. The fourth-order valence-corrected chi connectivity index (χ4v) is 4.39. The second kappa shape index (κ2) is 8.49. The van der Waals surface area contributed by atoms with E-state index in [4.69, 9.17) is 4.74 Å². The zero-order valence-electron chi connectivity index (χ0n) is 16.4. The predicted octanol–water partition coefficient (Wildman–Crippen LogP) is 1.02. The van der Waals surface area contributed by atoms with Crippen LogP contribution in [0.5, 0.6) is 0 Å². The van der Waals surface area contributed by atoms with Gasteiger partial charge in [-0.25, -0.2) is 4.39 Å². The molecule has 3 fully saturated rings. The van der Waals surface area contributed by atoms with Crippen molar-refractivity contribution in [2.24, 2.45) is 5.92 Å². The summed E-state index contributed by atoms with van der Waals surface area (Å²) in [4.78, 5) is 43.8. The Hall–Kier alpha value is -2.48. The first-order chi connectivity index (χ1) is 14.0. The summed E-state index contributed by atoms with van der Waals surface area (Å²) in [5, 5.41) is 0. The fraction of sp³-hybridized carbons (Fsp3) is 0.571. The summed E-state index contributed by atoms with van der Waals surface area (Å²) < 4.78 is 18.5. The lowest BCUT2D eigenvalue weighted by Crippen LogP contribution is -2.62. The van der Waals surface area contributed by atoms with E-state index in [-0.39, 0.29) is 49.1 Å². The molecule has 156 valence electrons. The van der Waals surface area contributed by atoms with Crippen molar-refractivity contribution in [3.05, 3.63) is 35.6 Å². The molecule has 0 radical (unpaired) electrons. The highest BCUT2D eigenvalue weighted by atomic mass is 19.1. The summed E-state index contributed by atoms with van der Waals surface area (Å²) in [6.45, 7) is 2.72. The predicted molar refractivity (Wildman–Crippen MR) is 102 cm³/mol. The van der Waals surface area contributed by atoms with Crippen molar-refractivity contribution < 1.29 is 23.5 Å². The first-order valence-corrected chi connectivity index (χ1v) is 10.2. The lowest BCUT2D eigenvalue weighted by molar-refractivity contribution is -0.157. The van der Waals surface area contributed by atoms with Crippen LogP contribution in [-0.4, -0.2) is 77.9 Å². The number of fused-ring (bicyclic) bond motifs is 1. The molecular weight excluding hydrogens is 377 g/mol. The number of rotatable bonds is 3. The van der Waals surface area contributed by atoms with Crippen LogP contribution in [0.15, 0.2) is 24.3 Å². The van der Waals surface area contributed by atoms with Crippen molar-refractivity contribution >= 4 is 17.7 Å². The SMILES string of the molecule is O=C(C1CCOCC1)N1CCCN2C(=O)CN(Cc3ccc(F)cc3)C(=O)C2C1. The molecule has 4 rings (SSSR count). The average molecular weight is 403 g/mol. The Morgan fingerprint density at radius 2 is 1.83 bits per heavy atom. The topological polar surface area (TPSA) is 70.2 Å². The van der Waals surface area contributed by atoms with E-state index in [1.54, 1.807) is 21.9 Å². The van der Waals surface area contributed by atoms with Gasteiger partial charge >= 0.3 is 0 Å². The van der Waals surface area contributed by atoms with E-state index in [2.05, 4.69) is 0 Å². The molecule has 8 heteroatoms. The fourth-order valence-electron chi connectivity index (χ4n) is 4.39. The summed E-state index contributed by atoms with van der Waals surface area (Å²) >= 11 is 0. The van der Waals surface area contributed by atoms with Crippen molar-refractivity contribution in [2.75, 3.05) is 39.4 Å². The minimum absolute atomic E-state index is 0.0145. The zero-order valence-corrected chi connectivity index (χ0v) is 16.4. The van der Waals surface area contributed by atoms with Gasteiger partial charge in [-0.3, -0.25) is 14.4 Å². The summed E-state index contributed by atoms with van der Waals surface area (Å²) in [6, 6.07) is 5.28. The Balaban J connectivity index is 1.48. The normalized spacial score (nSPS) is 23.8. The van der Waals surface area contributed by atoms with Gasteiger partial charge in [0.25, 0.3) is 0 Å². The van der Waals surface area contributed by atoms with E-state index in [0.717, 1.165) is 5.56 Å². The molecule has 1 aromatic carbocycles. The van der Waals surface area contributed by atoms with E-state index in [1.165, 1.54) is 17.0 Å². The third kappa shape index (κ3) is 4.27. The van der Waals surface area contributed by atoms with Crippen LogP contribution < -0.4 is 0 Å². The molecule has 0 bridgehead atoms. The molecule has 0 spiro atoms. The number of carbonyl (C=O) groups is 3. The Morgan fingerprint density at radius 1 is 1.10 bits per heavy atom. The van der Waals surface area contributed by atoms with Crippen LogP contribution in [0.3, 0.4) is 0 Å². The third-order valence-corrected chi connectivity index (χ3v) is 6.01. The van der Waals surface area contributed by atoms with Crippen molar-refractivity contribution in [3.63, 3.8) is 0 Å². The minimum Gasteiger partial charge on any atom is -0.381 e. The van der Waals surface area contributed by atoms with E-state index >= 15 is 0 Å². The van der Waals surface area contributed by atoms with Crippen molar-refractivity contribution in [1.29, 1.82) is 0 Å². The number of halogens is 1. The molecule has 1 unspecified atom stereocenters. The Morgan fingerprint density at radius 3 is 2.55 bits per heavy atom. The summed E-state index contributed by atoms with van der Waals surface area (Å²) in [5.41, 5.74) is 0.768. The third-order valence-electron chi connectivity index (χ3n) is 6.01. The Bertz CT molecular complexity index is 779. The van der Waals surface area contributed by atoms with E-state index in [0.29, 0.717) is 45.6 Å². The summed E-state index contributed by atoms with van der Waals surface area (Å²) in [6.07, 6.45) is 2.07. The van der Waals surface area contributed by atoms with E-state index < -0.39 is 6.04 Å². The largest absolute Gasteiger partial charge is 0.381 e. The molecule has 0 N–H and O–H groups in total. The highest BCUT2D eigenvalue weighted by molar-refractivity contribution is 5.95. The van der Waals surface area contributed by atoms with Crippen molar-refractivity contribution in [1.82, 2.24) is 14.7 Å². The molecule has 3 aliphatic rings. The van der Waals surface area contributed by atoms with Gasteiger partial charge in [-0.1, -0.05) is 12.1 Å². The number of nitrogens with zero attached hydrogens (tertiary/aromatic N) is 3. The zero-order chi connectivity index (χ0) is 20.4. The molecular formula is C21H26FN3O4. The maximum Gasteiger partial charge on any atom is 0.247 e. The Labute approximate surface area is 169 Å². The molecule has 0 aromatic heterocycles. The van der Waals surface area contributed by atoms with Crippen LogP contribution in [0.2, 0.25) is 0 Å². The van der Waals surface area contributed by atoms with Crippen molar-refractivity contribution in [3.8, 4) is 0 Å². The first-order valence-electron chi connectivity index (χ1n) is 10.2. The number of benzene rings is 1. The molecule has 3 heterocycles. The number of ether oxygens (including phenoxy) is 1. The van der Waals surface area contributed by atoms with Gasteiger partial charge in [0.2, 0.25) is 17.7 Å². The van der Waals surface area contributed by atoms with Crippen molar-refractivity contribution in [2.45, 2.75) is 31.8 Å². The molecule has 1 aromatic rings. The molecule has 3 saturated heterocycles. The molecule has 3 amide bonds. The molecule has 0 saturated carbocycles. The average Bonchev–Trinajstić information content (AvgIpc) is 2.97. The maximum atomic E-state index is 13.2. The van der Waals surface area contributed by atoms with Gasteiger partial charge in [-0.15, -0.1) is 0 Å². The molecule has 1 atom stereocenters. The highest BCUT2D eigenvalue weighted by Gasteiger charge is 2.42. The smallest absolute Gasteiger partial charge is 0.247 e. The van der Waals surface area contributed by atoms with Gasteiger partial charge in [-0.2, -0.15) is 0 Å². The molecule has 7 nitrogen and oxygen atoms in total. The first kappa shape index (κ1) is 19.8. The monoisotopic (exact) mass is 403 g/mol.